The van der Waals surface area contributed by atoms with Crippen LogP contribution in [0.4, 0.5) is 13.2 Å². The van der Waals surface area contributed by atoms with E-state index in [0.29, 0.717) is 17.8 Å². The topological polar surface area (TPSA) is 112 Å². The molecule has 4 rings (SSSR count). The van der Waals surface area contributed by atoms with Gasteiger partial charge in [0.2, 0.25) is 5.91 Å². The summed E-state index contributed by atoms with van der Waals surface area (Å²) in [6.07, 6.45) is 0.957. The summed E-state index contributed by atoms with van der Waals surface area (Å²) in [6, 6.07) is 8.76. The molecule has 8 nitrogen and oxygen atoms in total. The van der Waals surface area contributed by atoms with E-state index in [1.165, 1.54) is 22.7 Å². The maximum absolute atomic E-state index is 14.2. The number of imidazole rings is 1. The van der Waals surface area contributed by atoms with Crippen molar-refractivity contribution in [3.05, 3.63) is 65.4 Å². The van der Waals surface area contributed by atoms with E-state index in [9.17, 15) is 22.8 Å². The minimum absolute atomic E-state index is 0.129. The minimum Gasteiger partial charge on any atom is -0.468 e. The summed E-state index contributed by atoms with van der Waals surface area (Å²) in [5.41, 5.74) is 6.50. The van der Waals surface area contributed by atoms with Gasteiger partial charge in [0.1, 0.15) is 5.82 Å². The smallest absolute Gasteiger partial charge is 0.322 e. The van der Waals surface area contributed by atoms with Crippen LogP contribution in [0.15, 0.2) is 42.6 Å². The van der Waals surface area contributed by atoms with Crippen LogP contribution in [-0.2, 0) is 20.7 Å². The highest BCUT2D eigenvalue weighted by Gasteiger charge is 2.57. The summed E-state index contributed by atoms with van der Waals surface area (Å²) in [5, 5.41) is 6.52. The van der Waals surface area contributed by atoms with E-state index >= 15 is 0 Å². The van der Waals surface area contributed by atoms with Crippen molar-refractivity contribution in [2.45, 2.75) is 44.1 Å². The molecule has 3 aromatic rings. The molecule has 1 aromatic carbocycles. The van der Waals surface area contributed by atoms with Crippen LogP contribution in [0.3, 0.4) is 0 Å². The number of rotatable bonds is 7. The van der Waals surface area contributed by atoms with Crippen molar-refractivity contribution in [2.75, 3.05) is 13.7 Å². The first-order valence-corrected chi connectivity index (χ1v) is 11.2. The molecule has 186 valence electrons. The van der Waals surface area contributed by atoms with Crippen molar-refractivity contribution in [1.82, 2.24) is 19.9 Å². The molecule has 0 saturated carbocycles. The van der Waals surface area contributed by atoms with Crippen LogP contribution < -0.4 is 11.1 Å². The summed E-state index contributed by atoms with van der Waals surface area (Å²) >= 11 is 0. The third kappa shape index (κ3) is 4.72. The van der Waals surface area contributed by atoms with Crippen LogP contribution in [0.25, 0.3) is 5.65 Å². The number of hydrogen-bond acceptors (Lipinski definition) is 6. The molecule has 3 heterocycles. The Hall–Kier alpha value is -3.47. The first kappa shape index (κ1) is 24.6. The maximum Gasteiger partial charge on any atom is 0.322 e. The number of carbonyl (C=O) groups excluding carboxylic acids is 2. The zero-order valence-corrected chi connectivity index (χ0v) is 19.3. The Labute approximate surface area is 199 Å². The SMILES string of the molecule is CC[C@@H](c1ccc(F)cc1)C(N)c1cn2nc(CC3(C(=O)OC)CC(F)(F)CNC3=O)ccc2n1. The highest BCUT2D eigenvalue weighted by molar-refractivity contribution is 6.03. The largest absolute Gasteiger partial charge is 0.468 e. The van der Waals surface area contributed by atoms with Gasteiger partial charge < -0.3 is 15.8 Å². The lowest BCUT2D eigenvalue weighted by atomic mass is 9.74. The van der Waals surface area contributed by atoms with Crippen LogP contribution in [0.2, 0.25) is 0 Å². The number of carbonyl (C=O) groups is 2. The van der Waals surface area contributed by atoms with E-state index in [-0.39, 0.29) is 23.8 Å². The Kier molecular flexibility index (Phi) is 6.54. The summed E-state index contributed by atoms with van der Waals surface area (Å²) in [6.45, 7) is 1.13. The van der Waals surface area contributed by atoms with Gasteiger partial charge in [-0.2, -0.15) is 5.10 Å². The van der Waals surface area contributed by atoms with Gasteiger partial charge in [-0.3, -0.25) is 9.59 Å². The molecule has 11 heteroatoms. The quantitative estimate of drug-likeness (QED) is 0.390. The molecule has 3 atom stereocenters. The van der Waals surface area contributed by atoms with Crippen LogP contribution in [0, 0.1) is 11.2 Å². The lowest BCUT2D eigenvalue weighted by Gasteiger charge is -2.37. The Morgan fingerprint density at radius 2 is 1.97 bits per heavy atom. The molecule has 1 fully saturated rings. The van der Waals surface area contributed by atoms with Gasteiger partial charge in [0.25, 0.3) is 5.92 Å². The fourth-order valence-corrected chi connectivity index (χ4v) is 4.66. The number of nitrogens with zero attached hydrogens (tertiary/aromatic N) is 3. The first-order chi connectivity index (χ1) is 16.6. The van der Waals surface area contributed by atoms with Crippen LogP contribution >= 0.6 is 0 Å². The van der Waals surface area contributed by atoms with Crippen molar-refractivity contribution >= 4 is 17.5 Å². The van der Waals surface area contributed by atoms with Crippen LogP contribution in [0.5, 0.6) is 0 Å². The van der Waals surface area contributed by atoms with Crippen molar-refractivity contribution < 1.29 is 27.5 Å². The number of amides is 1. The molecule has 2 aromatic heterocycles. The fourth-order valence-electron chi connectivity index (χ4n) is 4.66. The van der Waals surface area contributed by atoms with E-state index in [0.717, 1.165) is 12.7 Å². The van der Waals surface area contributed by atoms with Gasteiger partial charge in [-0.05, 0) is 36.2 Å². The summed E-state index contributed by atoms with van der Waals surface area (Å²) in [4.78, 5) is 29.6. The van der Waals surface area contributed by atoms with Crippen LogP contribution in [-0.4, -0.2) is 46.1 Å². The lowest BCUT2D eigenvalue weighted by Crippen LogP contribution is -2.59. The summed E-state index contributed by atoms with van der Waals surface area (Å²) in [7, 11) is 1.05. The molecule has 0 spiro atoms. The van der Waals surface area contributed by atoms with Gasteiger partial charge in [0.05, 0.1) is 37.3 Å². The molecule has 0 aliphatic carbocycles. The number of nitrogens with two attached hydrogens (primary N) is 1. The van der Waals surface area contributed by atoms with Crippen LogP contribution in [0.1, 0.15) is 48.7 Å². The molecule has 1 aliphatic heterocycles. The normalized spacial score (nSPS) is 21.4. The zero-order chi connectivity index (χ0) is 25.4. The monoisotopic (exact) mass is 489 g/mol. The number of methoxy groups -OCH3 is 1. The molecule has 0 radical (unpaired) electrons. The second kappa shape index (κ2) is 9.29. The van der Waals surface area contributed by atoms with Gasteiger partial charge in [0, 0.05) is 18.8 Å². The number of benzene rings is 1. The van der Waals surface area contributed by atoms with Gasteiger partial charge >= 0.3 is 5.97 Å². The highest BCUT2D eigenvalue weighted by Crippen LogP contribution is 2.40. The minimum atomic E-state index is -3.27. The molecular weight excluding hydrogens is 463 g/mol. The number of fused-ring (bicyclic) bond motifs is 1. The number of nitrogens with one attached hydrogen (secondary N) is 1. The predicted molar refractivity (Wildman–Crippen MR) is 120 cm³/mol. The Bertz CT molecular complexity index is 1240. The standard InChI is InChI=1S/C24H26F3N5O3/c1-3-17(14-4-6-15(25)7-5-14)20(28)18-11-32-19(30-18)9-8-16(31-32)10-23(22(34)35-2)12-24(26,27)13-29-21(23)33/h4-9,11,17,20H,3,10,12-13,28H2,1-2H3,(H,29,33)/t17-,20?,23?/m0/s1. The van der Waals surface area contributed by atoms with E-state index in [2.05, 4.69) is 15.4 Å². The number of aromatic nitrogens is 3. The molecule has 1 aliphatic rings. The average molecular weight is 489 g/mol. The van der Waals surface area contributed by atoms with Crippen molar-refractivity contribution in [3.8, 4) is 0 Å². The lowest BCUT2D eigenvalue weighted by molar-refractivity contribution is -0.172. The van der Waals surface area contributed by atoms with Gasteiger partial charge in [-0.15, -0.1) is 0 Å². The Morgan fingerprint density at radius 1 is 1.26 bits per heavy atom. The molecule has 3 N–H and O–H groups in total. The Morgan fingerprint density at radius 3 is 2.63 bits per heavy atom. The molecule has 35 heavy (non-hydrogen) atoms. The number of halogens is 3. The number of alkyl halides is 2. The third-order valence-corrected chi connectivity index (χ3v) is 6.47. The first-order valence-electron chi connectivity index (χ1n) is 11.2. The maximum atomic E-state index is 14.2. The number of hydrogen-bond donors (Lipinski definition) is 2. The zero-order valence-electron chi connectivity index (χ0n) is 19.3. The Balaban J connectivity index is 1.64. The molecule has 0 bridgehead atoms. The molecule has 2 unspecified atom stereocenters. The summed E-state index contributed by atoms with van der Waals surface area (Å²) in [5.74, 6) is -5.60. The van der Waals surface area contributed by atoms with E-state index in [1.54, 1.807) is 24.4 Å². The molecule has 1 saturated heterocycles. The second-order valence-electron chi connectivity index (χ2n) is 8.85. The highest BCUT2D eigenvalue weighted by atomic mass is 19.3. The summed E-state index contributed by atoms with van der Waals surface area (Å²) < 4.78 is 47.9. The fraction of sp³-hybridized carbons (Fsp3) is 0.417. The van der Waals surface area contributed by atoms with E-state index in [4.69, 9.17) is 10.5 Å². The number of esters is 1. The van der Waals surface area contributed by atoms with Crippen molar-refractivity contribution in [3.63, 3.8) is 0 Å². The van der Waals surface area contributed by atoms with Crippen molar-refractivity contribution in [2.24, 2.45) is 11.1 Å². The van der Waals surface area contributed by atoms with Gasteiger partial charge in [0.15, 0.2) is 11.1 Å². The third-order valence-electron chi connectivity index (χ3n) is 6.47. The van der Waals surface area contributed by atoms with E-state index < -0.39 is 42.2 Å². The van der Waals surface area contributed by atoms with Crippen molar-refractivity contribution in [1.29, 1.82) is 0 Å². The molecular formula is C24H26F3N5O3. The van der Waals surface area contributed by atoms with Gasteiger partial charge in [-0.25, -0.2) is 22.7 Å². The second-order valence-corrected chi connectivity index (χ2v) is 8.85. The molecule has 1 amide bonds. The van der Waals surface area contributed by atoms with E-state index in [1.807, 2.05) is 6.92 Å². The number of ether oxygens (including phenoxy) is 1. The van der Waals surface area contributed by atoms with Gasteiger partial charge in [-0.1, -0.05) is 19.1 Å². The number of piperidine rings is 1. The predicted octanol–water partition coefficient (Wildman–Crippen LogP) is 2.92. The average Bonchev–Trinajstić information content (AvgIpc) is 3.26.